The van der Waals surface area contributed by atoms with Crippen molar-refractivity contribution in [3.05, 3.63) is 30.0 Å². The van der Waals surface area contributed by atoms with Gasteiger partial charge in [-0.3, -0.25) is 0 Å². The number of hydrogen-bond acceptors (Lipinski definition) is 5. The van der Waals surface area contributed by atoms with Crippen LogP contribution in [0.1, 0.15) is 19.6 Å². The van der Waals surface area contributed by atoms with Gasteiger partial charge >= 0.3 is 0 Å². The third kappa shape index (κ3) is 2.49. The summed E-state index contributed by atoms with van der Waals surface area (Å²) in [5, 5.41) is 0.934. The Balaban J connectivity index is 1.67. The molecule has 0 spiro atoms. The summed E-state index contributed by atoms with van der Waals surface area (Å²) < 4.78 is 22.4. The van der Waals surface area contributed by atoms with Crippen LogP contribution in [-0.2, 0) is 9.47 Å². The lowest BCUT2D eigenvalue weighted by atomic mass is 10.1. The highest BCUT2D eigenvalue weighted by Crippen LogP contribution is 2.31. The number of ether oxygens (including phenoxy) is 3. The summed E-state index contributed by atoms with van der Waals surface area (Å²) in [4.78, 5) is 4.54. The van der Waals surface area contributed by atoms with Gasteiger partial charge in [-0.15, -0.1) is 0 Å². The van der Waals surface area contributed by atoms with Crippen molar-refractivity contribution in [3.63, 3.8) is 0 Å². The lowest BCUT2D eigenvalue weighted by molar-refractivity contribution is 0.265. The number of rotatable bonds is 4. The van der Waals surface area contributed by atoms with Crippen LogP contribution < -0.4 is 4.74 Å². The Kier molecular flexibility index (Phi) is 2.72. The molecule has 110 valence electrons. The zero-order valence-electron chi connectivity index (χ0n) is 12.1. The van der Waals surface area contributed by atoms with Gasteiger partial charge in [0.05, 0.1) is 17.5 Å². The normalized spacial score (nSPS) is 23.0. The van der Waals surface area contributed by atoms with E-state index in [0.29, 0.717) is 24.9 Å². The van der Waals surface area contributed by atoms with Crippen LogP contribution in [0.3, 0.4) is 0 Å². The van der Waals surface area contributed by atoms with Crippen molar-refractivity contribution in [1.29, 1.82) is 0 Å². The van der Waals surface area contributed by atoms with Gasteiger partial charge in [0.25, 0.3) is 5.90 Å². The average molecular weight is 287 g/mol. The molecule has 1 atom stereocenters. The molecule has 0 saturated carbocycles. The Morgan fingerprint density at radius 2 is 2.24 bits per heavy atom. The van der Waals surface area contributed by atoms with Crippen molar-refractivity contribution in [2.45, 2.75) is 25.5 Å². The first kappa shape index (κ1) is 12.7. The van der Waals surface area contributed by atoms with Crippen LogP contribution in [0.15, 0.2) is 33.7 Å². The number of benzene rings is 1. The predicted octanol–water partition coefficient (Wildman–Crippen LogP) is 2.77. The highest BCUT2D eigenvalue weighted by molar-refractivity contribution is 5.98. The molecule has 2 aromatic rings. The monoisotopic (exact) mass is 287 g/mol. The zero-order chi connectivity index (χ0) is 14.4. The standard InChI is InChI=1S/C16H17NO4/c1-16(2)9-20-15(17-16)14-6-11-12(19-8-10-7-18-10)4-3-5-13(11)21-14/h3-6,10H,7-9H2,1-2H3. The molecule has 3 heterocycles. The number of hydrogen-bond donors (Lipinski definition) is 0. The molecule has 1 aromatic heterocycles. The fraction of sp³-hybridized carbons (Fsp3) is 0.438. The molecule has 0 amide bonds. The molecule has 1 saturated heterocycles. The van der Waals surface area contributed by atoms with E-state index in [-0.39, 0.29) is 11.6 Å². The van der Waals surface area contributed by atoms with Crippen molar-refractivity contribution in [1.82, 2.24) is 0 Å². The second kappa shape index (κ2) is 4.49. The van der Waals surface area contributed by atoms with E-state index in [1.54, 1.807) is 0 Å². The summed E-state index contributed by atoms with van der Waals surface area (Å²) in [5.74, 6) is 2.01. The van der Waals surface area contributed by atoms with E-state index >= 15 is 0 Å². The molecule has 2 aliphatic heterocycles. The number of nitrogens with zero attached hydrogens (tertiary/aromatic N) is 1. The summed E-state index contributed by atoms with van der Waals surface area (Å²) >= 11 is 0. The van der Waals surface area contributed by atoms with Crippen molar-refractivity contribution >= 4 is 16.9 Å². The molecule has 0 N–H and O–H groups in total. The summed E-state index contributed by atoms with van der Waals surface area (Å²) in [6.45, 7) is 6.00. The molecule has 1 unspecified atom stereocenters. The quantitative estimate of drug-likeness (QED) is 0.811. The molecule has 1 fully saturated rings. The zero-order valence-corrected chi connectivity index (χ0v) is 12.1. The lowest BCUT2D eigenvalue weighted by Gasteiger charge is -2.07. The molecule has 5 heteroatoms. The number of epoxide rings is 1. The Morgan fingerprint density at radius 1 is 1.38 bits per heavy atom. The van der Waals surface area contributed by atoms with Gasteiger partial charge in [-0.2, -0.15) is 0 Å². The van der Waals surface area contributed by atoms with Crippen molar-refractivity contribution in [2.75, 3.05) is 19.8 Å². The van der Waals surface area contributed by atoms with Crippen LogP contribution in [0.4, 0.5) is 0 Å². The third-order valence-corrected chi connectivity index (χ3v) is 3.53. The Morgan fingerprint density at radius 3 is 2.95 bits per heavy atom. The number of aliphatic imine (C=N–C) groups is 1. The lowest BCUT2D eigenvalue weighted by Crippen LogP contribution is -2.17. The van der Waals surface area contributed by atoms with Crippen LogP contribution in [0.25, 0.3) is 11.0 Å². The van der Waals surface area contributed by atoms with Gasteiger partial charge in [-0.1, -0.05) is 6.07 Å². The maximum atomic E-state index is 5.84. The van der Waals surface area contributed by atoms with Crippen molar-refractivity contribution in [2.24, 2.45) is 4.99 Å². The second-order valence-electron chi connectivity index (χ2n) is 6.06. The molecule has 5 nitrogen and oxygen atoms in total. The van der Waals surface area contributed by atoms with Crippen LogP contribution in [0.2, 0.25) is 0 Å². The summed E-state index contributed by atoms with van der Waals surface area (Å²) in [5.41, 5.74) is 0.576. The number of fused-ring (bicyclic) bond motifs is 1. The predicted molar refractivity (Wildman–Crippen MR) is 78.0 cm³/mol. The highest BCUT2D eigenvalue weighted by Gasteiger charge is 2.29. The number of furan rings is 1. The summed E-state index contributed by atoms with van der Waals surface area (Å²) in [7, 11) is 0. The highest BCUT2D eigenvalue weighted by atomic mass is 16.6. The Bertz CT molecular complexity index is 712. The molecule has 0 bridgehead atoms. The van der Waals surface area contributed by atoms with Gasteiger partial charge < -0.3 is 18.6 Å². The second-order valence-corrected chi connectivity index (χ2v) is 6.06. The Labute approximate surface area is 122 Å². The fourth-order valence-corrected chi connectivity index (χ4v) is 2.32. The van der Waals surface area contributed by atoms with E-state index in [2.05, 4.69) is 4.99 Å². The van der Waals surface area contributed by atoms with E-state index in [9.17, 15) is 0 Å². The van der Waals surface area contributed by atoms with Gasteiger partial charge in [0.2, 0.25) is 0 Å². The third-order valence-electron chi connectivity index (χ3n) is 3.53. The van der Waals surface area contributed by atoms with Gasteiger partial charge in [0, 0.05) is 6.07 Å². The topological polar surface area (TPSA) is 56.5 Å². The van der Waals surface area contributed by atoms with Gasteiger partial charge in [-0.05, 0) is 26.0 Å². The van der Waals surface area contributed by atoms with Crippen LogP contribution >= 0.6 is 0 Å². The minimum absolute atomic E-state index is 0.197. The molecule has 21 heavy (non-hydrogen) atoms. The molecular formula is C16H17NO4. The molecule has 4 rings (SSSR count). The molecule has 0 aliphatic carbocycles. The van der Waals surface area contributed by atoms with Crippen molar-refractivity contribution < 1.29 is 18.6 Å². The smallest absolute Gasteiger partial charge is 0.253 e. The van der Waals surface area contributed by atoms with Crippen LogP contribution in [0, 0.1) is 0 Å². The van der Waals surface area contributed by atoms with Crippen LogP contribution in [-0.4, -0.2) is 37.4 Å². The van der Waals surface area contributed by atoms with E-state index in [0.717, 1.165) is 23.3 Å². The maximum absolute atomic E-state index is 5.84. The van der Waals surface area contributed by atoms with Gasteiger partial charge in [0.15, 0.2) is 5.76 Å². The minimum Gasteiger partial charge on any atom is -0.490 e. The summed E-state index contributed by atoms with van der Waals surface area (Å²) in [6, 6.07) is 7.70. The maximum Gasteiger partial charge on any atom is 0.253 e. The van der Waals surface area contributed by atoms with E-state index in [1.807, 2.05) is 38.1 Å². The molecule has 2 aliphatic rings. The first-order valence-corrected chi connectivity index (χ1v) is 7.11. The van der Waals surface area contributed by atoms with Crippen molar-refractivity contribution in [3.8, 4) is 5.75 Å². The van der Waals surface area contributed by atoms with E-state index in [4.69, 9.17) is 18.6 Å². The Hall–Kier alpha value is -2.01. The van der Waals surface area contributed by atoms with E-state index < -0.39 is 0 Å². The fourth-order valence-electron chi connectivity index (χ4n) is 2.32. The average Bonchev–Trinajstić information content (AvgIpc) is 3.05. The SMILES string of the molecule is CC1(C)COC(c2cc3c(OCC4CO4)cccc3o2)=N1. The first-order chi connectivity index (χ1) is 10.1. The van der Waals surface area contributed by atoms with Gasteiger partial charge in [0.1, 0.15) is 30.7 Å². The van der Waals surface area contributed by atoms with Gasteiger partial charge in [-0.25, -0.2) is 4.99 Å². The van der Waals surface area contributed by atoms with Crippen LogP contribution in [0.5, 0.6) is 5.75 Å². The molecular weight excluding hydrogens is 270 g/mol. The molecule has 0 radical (unpaired) electrons. The summed E-state index contributed by atoms with van der Waals surface area (Å²) in [6.07, 6.45) is 0.231. The largest absolute Gasteiger partial charge is 0.490 e. The minimum atomic E-state index is -0.197. The molecule has 1 aromatic carbocycles. The van der Waals surface area contributed by atoms with E-state index in [1.165, 1.54) is 0 Å². The first-order valence-electron chi connectivity index (χ1n) is 7.11.